The molecule has 0 aromatic heterocycles. The van der Waals surface area contributed by atoms with Crippen molar-refractivity contribution in [1.29, 1.82) is 0 Å². The maximum absolute atomic E-state index is 12.3. The molecule has 1 saturated heterocycles. The number of hydrogen-bond acceptors (Lipinski definition) is 3. The first kappa shape index (κ1) is 14.2. The number of carbonyl (C=O) groups is 1. The minimum absolute atomic E-state index is 0.0481. The van der Waals surface area contributed by atoms with Crippen molar-refractivity contribution in [2.24, 2.45) is 5.41 Å². The van der Waals surface area contributed by atoms with E-state index >= 15 is 0 Å². The fraction of sp³-hybridized carbons (Fsp3) is 0.929. The minimum Gasteiger partial charge on any atom is -0.396 e. The molecule has 2 fully saturated rings. The lowest BCUT2D eigenvalue weighted by atomic mass is 9.74. The van der Waals surface area contributed by atoms with Crippen molar-refractivity contribution in [3.63, 3.8) is 0 Å². The Kier molecular flexibility index (Phi) is 4.59. The summed E-state index contributed by atoms with van der Waals surface area (Å²) in [4.78, 5) is 12.3. The molecule has 0 radical (unpaired) electrons. The number of nitrogens with one attached hydrogen (secondary N) is 1. The van der Waals surface area contributed by atoms with E-state index in [9.17, 15) is 9.90 Å². The second-order valence-electron chi connectivity index (χ2n) is 6.08. The standard InChI is InChI=1S/C14H25NO2S/c1-13(6-5-9-18-13)12(17)15-10-14(11-16)7-3-2-4-8-14/h16H,2-11H2,1H3,(H,15,17). The third kappa shape index (κ3) is 3.02. The molecule has 1 aliphatic heterocycles. The molecule has 4 heteroatoms. The van der Waals surface area contributed by atoms with Gasteiger partial charge in [0.1, 0.15) is 0 Å². The van der Waals surface area contributed by atoms with Gasteiger partial charge in [0.2, 0.25) is 5.91 Å². The highest BCUT2D eigenvalue weighted by Gasteiger charge is 2.39. The maximum Gasteiger partial charge on any atom is 0.235 e. The zero-order valence-corrected chi connectivity index (χ0v) is 12.2. The predicted molar refractivity (Wildman–Crippen MR) is 75.7 cm³/mol. The monoisotopic (exact) mass is 271 g/mol. The summed E-state index contributed by atoms with van der Waals surface area (Å²) in [5.74, 6) is 1.26. The normalized spacial score (nSPS) is 31.2. The fourth-order valence-electron chi connectivity index (χ4n) is 3.11. The van der Waals surface area contributed by atoms with Crippen LogP contribution in [-0.4, -0.2) is 34.7 Å². The third-order valence-corrected chi connectivity index (χ3v) is 6.09. The Hall–Kier alpha value is -0.220. The Labute approximate surface area is 114 Å². The van der Waals surface area contributed by atoms with Gasteiger partial charge in [-0.25, -0.2) is 0 Å². The van der Waals surface area contributed by atoms with Crippen LogP contribution in [0.3, 0.4) is 0 Å². The van der Waals surface area contributed by atoms with Crippen LogP contribution in [0, 0.1) is 5.41 Å². The van der Waals surface area contributed by atoms with Crippen LogP contribution in [0.4, 0.5) is 0 Å². The molecule has 1 aliphatic carbocycles. The minimum atomic E-state index is -0.231. The first-order chi connectivity index (χ1) is 8.60. The zero-order chi connectivity index (χ0) is 13.1. The third-order valence-electron chi connectivity index (χ3n) is 4.57. The van der Waals surface area contributed by atoms with Crippen LogP contribution in [0.15, 0.2) is 0 Å². The smallest absolute Gasteiger partial charge is 0.235 e. The topological polar surface area (TPSA) is 49.3 Å². The highest BCUT2D eigenvalue weighted by atomic mass is 32.2. The lowest BCUT2D eigenvalue weighted by molar-refractivity contribution is -0.124. The molecule has 3 nitrogen and oxygen atoms in total. The van der Waals surface area contributed by atoms with Crippen LogP contribution >= 0.6 is 11.8 Å². The van der Waals surface area contributed by atoms with Gasteiger partial charge in [-0.3, -0.25) is 4.79 Å². The van der Waals surface area contributed by atoms with Gasteiger partial charge < -0.3 is 10.4 Å². The molecule has 2 aliphatic rings. The SMILES string of the molecule is CC1(C(=O)NCC2(CO)CCCCC2)CCCS1. The van der Waals surface area contributed by atoms with E-state index in [0.29, 0.717) is 6.54 Å². The van der Waals surface area contributed by atoms with Crippen LogP contribution in [0.1, 0.15) is 51.9 Å². The van der Waals surface area contributed by atoms with Crippen LogP contribution in [0.5, 0.6) is 0 Å². The summed E-state index contributed by atoms with van der Waals surface area (Å²) in [6, 6.07) is 0. The predicted octanol–water partition coefficient (Wildman–Crippen LogP) is 2.33. The quantitative estimate of drug-likeness (QED) is 0.825. The summed E-state index contributed by atoms with van der Waals surface area (Å²) in [5.41, 5.74) is -0.0481. The van der Waals surface area contributed by atoms with Gasteiger partial charge in [0, 0.05) is 12.0 Å². The van der Waals surface area contributed by atoms with Crippen LogP contribution < -0.4 is 5.32 Å². The fourth-order valence-corrected chi connectivity index (χ4v) is 4.34. The molecule has 0 spiro atoms. The van der Waals surface area contributed by atoms with Crippen molar-refractivity contribution in [1.82, 2.24) is 5.32 Å². The lowest BCUT2D eigenvalue weighted by Gasteiger charge is -2.36. The largest absolute Gasteiger partial charge is 0.396 e. The van der Waals surface area contributed by atoms with Crippen molar-refractivity contribution < 1.29 is 9.90 Å². The van der Waals surface area contributed by atoms with E-state index in [-0.39, 0.29) is 22.7 Å². The number of rotatable bonds is 4. The summed E-state index contributed by atoms with van der Waals surface area (Å²) < 4.78 is -0.231. The van der Waals surface area contributed by atoms with Crippen molar-refractivity contribution in [3.8, 4) is 0 Å². The molecular formula is C14H25NO2S. The van der Waals surface area contributed by atoms with Crippen LogP contribution in [-0.2, 0) is 4.79 Å². The van der Waals surface area contributed by atoms with Gasteiger partial charge in [-0.2, -0.15) is 0 Å². The van der Waals surface area contributed by atoms with E-state index in [1.54, 1.807) is 11.8 Å². The average Bonchev–Trinajstić information content (AvgIpc) is 2.85. The van der Waals surface area contributed by atoms with Gasteiger partial charge in [0.05, 0.1) is 11.4 Å². The summed E-state index contributed by atoms with van der Waals surface area (Å²) in [5, 5.41) is 12.7. The molecule has 104 valence electrons. The molecule has 1 saturated carbocycles. The number of carbonyl (C=O) groups excluding carboxylic acids is 1. The van der Waals surface area contributed by atoms with E-state index in [2.05, 4.69) is 5.32 Å². The molecule has 1 amide bonds. The zero-order valence-electron chi connectivity index (χ0n) is 11.3. The lowest BCUT2D eigenvalue weighted by Crippen LogP contribution is -2.47. The summed E-state index contributed by atoms with van der Waals surface area (Å²) in [6.07, 6.45) is 7.85. The van der Waals surface area contributed by atoms with Crippen molar-refractivity contribution in [2.75, 3.05) is 18.9 Å². The molecule has 0 bridgehead atoms. The van der Waals surface area contributed by atoms with Crippen LogP contribution in [0.2, 0.25) is 0 Å². The number of aliphatic hydroxyl groups excluding tert-OH is 1. The van der Waals surface area contributed by atoms with Gasteiger partial charge in [-0.1, -0.05) is 19.3 Å². The molecule has 1 unspecified atom stereocenters. The van der Waals surface area contributed by atoms with Gasteiger partial charge in [0.15, 0.2) is 0 Å². The van der Waals surface area contributed by atoms with Crippen molar-refractivity contribution in [2.45, 2.75) is 56.6 Å². The van der Waals surface area contributed by atoms with Gasteiger partial charge in [-0.15, -0.1) is 11.8 Å². The average molecular weight is 271 g/mol. The molecule has 18 heavy (non-hydrogen) atoms. The summed E-state index contributed by atoms with van der Waals surface area (Å²) in [6.45, 7) is 2.90. The van der Waals surface area contributed by atoms with E-state index in [1.165, 1.54) is 19.3 Å². The second kappa shape index (κ2) is 5.83. The highest BCUT2D eigenvalue weighted by Crippen LogP contribution is 2.39. The maximum atomic E-state index is 12.3. The summed E-state index contributed by atoms with van der Waals surface area (Å²) >= 11 is 1.77. The first-order valence-electron chi connectivity index (χ1n) is 7.13. The number of hydrogen-bond donors (Lipinski definition) is 2. The number of aliphatic hydroxyl groups is 1. The number of amides is 1. The van der Waals surface area contributed by atoms with E-state index in [0.717, 1.165) is 31.4 Å². The van der Waals surface area contributed by atoms with E-state index < -0.39 is 0 Å². The van der Waals surface area contributed by atoms with Crippen molar-refractivity contribution >= 4 is 17.7 Å². The molecule has 0 aromatic rings. The van der Waals surface area contributed by atoms with Crippen LogP contribution in [0.25, 0.3) is 0 Å². The second-order valence-corrected chi connectivity index (χ2v) is 7.68. The molecular weight excluding hydrogens is 246 g/mol. The van der Waals surface area contributed by atoms with Crippen molar-refractivity contribution in [3.05, 3.63) is 0 Å². The van der Waals surface area contributed by atoms with E-state index in [1.807, 2.05) is 6.92 Å². The number of thioether (sulfide) groups is 1. The molecule has 1 atom stereocenters. The Balaban J connectivity index is 1.87. The Bertz CT molecular complexity index is 294. The van der Waals surface area contributed by atoms with Gasteiger partial charge in [-0.05, 0) is 38.4 Å². The Morgan fingerprint density at radius 1 is 1.22 bits per heavy atom. The Morgan fingerprint density at radius 3 is 2.50 bits per heavy atom. The summed E-state index contributed by atoms with van der Waals surface area (Å²) in [7, 11) is 0. The van der Waals surface area contributed by atoms with Gasteiger partial charge >= 0.3 is 0 Å². The molecule has 0 aromatic carbocycles. The van der Waals surface area contributed by atoms with Gasteiger partial charge in [0.25, 0.3) is 0 Å². The Morgan fingerprint density at radius 2 is 1.94 bits per heavy atom. The molecule has 2 N–H and O–H groups in total. The first-order valence-corrected chi connectivity index (χ1v) is 8.12. The van der Waals surface area contributed by atoms with E-state index in [4.69, 9.17) is 0 Å². The molecule has 2 rings (SSSR count). The molecule has 1 heterocycles. The highest BCUT2D eigenvalue weighted by molar-refractivity contribution is 8.01.